The zero-order valence-electron chi connectivity index (χ0n) is 11.9. The molecule has 114 valence electrons. The highest BCUT2D eigenvalue weighted by molar-refractivity contribution is 5.66. The van der Waals surface area contributed by atoms with E-state index in [1.165, 1.54) is 31.2 Å². The third-order valence-electron chi connectivity index (χ3n) is 3.15. The topological polar surface area (TPSA) is 89.7 Å². The summed E-state index contributed by atoms with van der Waals surface area (Å²) in [6, 6.07) is 14.3. The zero-order valence-corrected chi connectivity index (χ0v) is 11.9. The molecule has 0 aliphatic carbocycles. The predicted molar refractivity (Wildman–Crippen MR) is 79.0 cm³/mol. The third-order valence-corrected chi connectivity index (χ3v) is 3.15. The van der Waals surface area contributed by atoms with Crippen molar-refractivity contribution >= 4 is 11.7 Å². The number of esters is 1. The number of nitro benzene ring substituents is 1. The van der Waals surface area contributed by atoms with E-state index in [4.69, 9.17) is 4.74 Å². The lowest BCUT2D eigenvalue weighted by Crippen LogP contribution is -2.17. The van der Waals surface area contributed by atoms with Gasteiger partial charge in [-0.05, 0) is 23.3 Å². The first-order valence-corrected chi connectivity index (χ1v) is 6.63. The maximum absolute atomic E-state index is 11.3. The van der Waals surface area contributed by atoms with Crippen LogP contribution in [0.5, 0.6) is 0 Å². The van der Waals surface area contributed by atoms with Crippen molar-refractivity contribution in [1.82, 2.24) is 0 Å². The summed E-state index contributed by atoms with van der Waals surface area (Å²) in [5.74, 6) is -0.519. The number of nitrogens with zero attached hydrogens (tertiary/aromatic N) is 1. The summed E-state index contributed by atoms with van der Waals surface area (Å²) in [6.45, 7) is 1.26. The van der Waals surface area contributed by atoms with Crippen molar-refractivity contribution in [2.45, 2.75) is 19.1 Å². The van der Waals surface area contributed by atoms with Crippen LogP contribution in [0, 0.1) is 10.1 Å². The van der Waals surface area contributed by atoms with E-state index in [0.717, 1.165) is 0 Å². The summed E-state index contributed by atoms with van der Waals surface area (Å²) in [5, 5.41) is 21.1. The molecule has 0 aliphatic rings. The van der Waals surface area contributed by atoms with Gasteiger partial charge in [-0.2, -0.15) is 0 Å². The Morgan fingerprint density at radius 2 is 1.68 bits per heavy atom. The normalized spacial score (nSPS) is 13.2. The zero-order chi connectivity index (χ0) is 16.1. The molecule has 0 aliphatic heterocycles. The van der Waals surface area contributed by atoms with E-state index >= 15 is 0 Å². The van der Waals surface area contributed by atoms with Crippen molar-refractivity contribution in [3.63, 3.8) is 0 Å². The van der Waals surface area contributed by atoms with E-state index < -0.39 is 23.1 Å². The van der Waals surface area contributed by atoms with Gasteiger partial charge in [0.1, 0.15) is 6.10 Å². The van der Waals surface area contributed by atoms with Crippen LogP contribution in [0.2, 0.25) is 0 Å². The Hall–Kier alpha value is -2.73. The smallest absolute Gasteiger partial charge is 0.303 e. The Balaban J connectivity index is 2.30. The van der Waals surface area contributed by atoms with E-state index in [-0.39, 0.29) is 5.69 Å². The summed E-state index contributed by atoms with van der Waals surface area (Å²) in [4.78, 5) is 21.4. The van der Waals surface area contributed by atoms with Crippen LogP contribution in [0.1, 0.15) is 30.3 Å². The van der Waals surface area contributed by atoms with E-state index in [9.17, 15) is 20.0 Å². The second-order valence-electron chi connectivity index (χ2n) is 4.73. The van der Waals surface area contributed by atoms with Gasteiger partial charge in [-0.3, -0.25) is 14.9 Å². The molecule has 0 amide bonds. The minimum absolute atomic E-state index is 0.0697. The molecule has 0 saturated heterocycles. The minimum atomic E-state index is -1.12. The fraction of sp³-hybridized carbons (Fsp3) is 0.188. The molecular formula is C16H15NO5. The van der Waals surface area contributed by atoms with Crippen LogP contribution >= 0.6 is 0 Å². The van der Waals surface area contributed by atoms with Crippen molar-refractivity contribution in [2.75, 3.05) is 0 Å². The average Bonchev–Trinajstić information content (AvgIpc) is 2.52. The molecule has 2 aromatic carbocycles. The minimum Gasteiger partial charge on any atom is -0.455 e. The molecule has 0 radical (unpaired) electrons. The summed E-state index contributed by atoms with van der Waals surface area (Å²) in [6.07, 6.45) is -1.99. The molecule has 2 rings (SSSR count). The standard InChI is InChI=1S/C16H15NO5/c1-11(18)22-16(13-5-3-2-4-6-13)15(19)12-7-9-14(10-8-12)17(20)21/h2-10,15-16,19H,1H3. The molecule has 0 spiro atoms. The number of nitro groups is 1. The maximum atomic E-state index is 11.3. The predicted octanol–water partition coefficient (Wildman–Crippen LogP) is 2.93. The SMILES string of the molecule is CC(=O)OC(c1ccccc1)C(O)c1ccc([N+](=O)[O-])cc1. The monoisotopic (exact) mass is 301 g/mol. The van der Waals surface area contributed by atoms with Gasteiger partial charge in [0.05, 0.1) is 4.92 Å². The lowest BCUT2D eigenvalue weighted by molar-refractivity contribution is -0.384. The van der Waals surface area contributed by atoms with E-state index in [1.807, 2.05) is 6.07 Å². The average molecular weight is 301 g/mol. The van der Waals surface area contributed by atoms with Crippen LogP contribution in [0.15, 0.2) is 54.6 Å². The number of ether oxygens (including phenoxy) is 1. The highest BCUT2D eigenvalue weighted by atomic mass is 16.6. The van der Waals surface area contributed by atoms with Gasteiger partial charge >= 0.3 is 5.97 Å². The van der Waals surface area contributed by atoms with Crippen molar-refractivity contribution < 1.29 is 19.6 Å². The third kappa shape index (κ3) is 3.67. The quantitative estimate of drug-likeness (QED) is 0.521. The molecule has 22 heavy (non-hydrogen) atoms. The Labute approximate surface area is 127 Å². The van der Waals surface area contributed by atoms with Crippen molar-refractivity contribution in [1.29, 1.82) is 0 Å². The Kier molecular flexibility index (Phi) is 4.85. The largest absolute Gasteiger partial charge is 0.455 e. The molecular weight excluding hydrogens is 286 g/mol. The lowest BCUT2D eigenvalue weighted by atomic mass is 9.98. The van der Waals surface area contributed by atoms with Gasteiger partial charge in [0.25, 0.3) is 5.69 Å². The highest BCUT2D eigenvalue weighted by Gasteiger charge is 2.26. The number of hydrogen-bond acceptors (Lipinski definition) is 5. The van der Waals surface area contributed by atoms with Gasteiger partial charge in [-0.25, -0.2) is 0 Å². The van der Waals surface area contributed by atoms with Crippen LogP contribution in [-0.4, -0.2) is 16.0 Å². The Bertz CT molecular complexity index is 654. The Morgan fingerprint density at radius 1 is 1.09 bits per heavy atom. The van der Waals surface area contributed by atoms with Crippen molar-refractivity contribution in [2.24, 2.45) is 0 Å². The van der Waals surface area contributed by atoms with Crippen LogP contribution in [0.4, 0.5) is 5.69 Å². The van der Waals surface area contributed by atoms with Gasteiger partial charge in [0.15, 0.2) is 6.10 Å². The lowest BCUT2D eigenvalue weighted by Gasteiger charge is -2.23. The van der Waals surface area contributed by atoms with Crippen molar-refractivity contribution in [3.05, 3.63) is 75.8 Å². The van der Waals surface area contributed by atoms with Gasteiger partial charge in [0, 0.05) is 19.1 Å². The summed E-state index contributed by atoms with van der Waals surface area (Å²) in [7, 11) is 0. The summed E-state index contributed by atoms with van der Waals surface area (Å²) >= 11 is 0. The van der Waals surface area contributed by atoms with Gasteiger partial charge < -0.3 is 9.84 Å². The van der Waals surface area contributed by atoms with E-state index in [1.54, 1.807) is 24.3 Å². The van der Waals surface area contributed by atoms with E-state index in [0.29, 0.717) is 11.1 Å². The molecule has 0 fully saturated rings. The molecule has 0 saturated carbocycles. The number of aliphatic hydroxyl groups excluding tert-OH is 1. The van der Waals surface area contributed by atoms with Crippen LogP contribution in [-0.2, 0) is 9.53 Å². The molecule has 0 aromatic heterocycles. The second kappa shape index (κ2) is 6.82. The fourth-order valence-corrected chi connectivity index (χ4v) is 2.10. The summed E-state index contributed by atoms with van der Waals surface area (Å²) < 4.78 is 5.21. The highest BCUT2D eigenvalue weighted by Crippen LogP contribution is 2.32. The number of hydrogen-bond donors (Lipinski definition) is 1. The molecule has 6 nitrogen and oxygen atoms in total. The number of aliphatic hydroxyl groups is 1. The van der Waals surface area contributed by atoms with Crippen LogP contribution in [0.3, 0.4) is 0 Å². The fourth-order valence-electron chi connectivity index (χ4n) is 2.10. The summed E-state index contributed by atoms with van der Waals surface area (Å²) in [5.41, 5.74) is 1.00. The number of carbonyl (C=O) groups is 1. The molecule has 1 N–H and O–H groups in total. The van der Waals surface area contributed by atoms with Crippen LogP contribution in [0.25, 0.3) is 0 Å². The second-order valence-corrected chi connectivity index (χ2v) is 4.73. The number of benzene rings is 2. The molecule has 2 aromatic rings. The first-order valence-electron chi connectivity index (χ1n) is 6.63. The molecule has 0 bridgehead atoms. The first-order chi connectivity index (χ1) is 10.5. The van der Waals surface area contributed by atoms with Gasteiger partial charge in [-0.15, -0.1) is 0 Å². The number of carbonyl (C=O) groups excluding carboxylic acids is 1. The molecule has 2 atom stereocenters. The first kappa shape index (κ1) is 15.7. The van der Waals surface area contributed by atoms with Crippen LogP contribution < -0.4 is 0 Å². The Morgan fingerprint density at radius 3 is 2.18 bits per heavy atom. The van der Waals surface area contributed by atoms with Gasteiger partial charge in [-0.1, -0.05) is 30.3 Å². The maximum Gasteiger partial charge on any atom is 0.303 e. The molecule has 0 heterocycles. The van der Waals surface area contributed by atoms with Gasteiger partial charge in [0.2, 0.25) is 0 Å². The number of non-ortho nitro benzene ring substituents is 1. The molecule has 6 heteroatoms. The van der Waals surface area contributed by atoms with Crippen molar-refractivity contribution in [3.8, 4) is 0 Å². The van der Waals surface area contributed by atoms with E-state index in [2.05, 4.69) is 0 Å². The number of rotatable bonds is 5. The molecule has 2 unspecified atom stereocenters.